The van der Waals surface area contributed by atoms with Crippen LogP contribution in [-0.4, -0.2) is 59.4 Å². The lowest BCUT2D eigenvalue weighted by Crippen LogP contribution is -2.48. The van der Waals surface area contributed by atoms with Crippen molar-refractivity contribution in [1.82, 2.24) is 14.9 Å². The number of allylic oxidation sites excluding steroid dienone is 1. The fraction of sp³-hybridized carbons (Fsp3) is 0.192. The number of hydrogen-bond donors (Lipinski definition) is 4. The molecule has 0 radical (unpaired) electrons. The molecule has 11 heteroatoms. The Balaban J connectivity index is 1.98. The smallest absolute Gasteiger partial charge is 0.246 e. The van der Waals surface area contributed by atoms with E-state index in [2.05, 4.69) is 16.5 Å². The highest BCUT2D eigenvalue weighted by molar-refractivity contribution is 6.34. The molecule has 3 aromatic rings. The van der Waals surface area contributed by atoms with Gasteiger partial charge in [-0.05, 0) is 36.3 Å². The van der Waals surface area contributed by atoms with E-state index in [9.17, 15) is 4.79 Å². The maximum atomic E-state index is 16.4. The fourth-order valence-corrected chi connectivity index (χ4v) is 4.75. The Hall–Kier alpha value is -4.31. The molecule has 0 spiro atoms. The molecular weight excluding hydrogens is 495 g/mol. The Morgan fingerprint density at radius 2 is 1.89 bits per heavy atom. The van der Waals surface area contributed by atoms with Crippen molar-refractivity contribution in [2.45, 2.75) is 6.92 Å². The van der Waals surface area contributed by atoms with Crippen LogP contribution in [0.5, 0.6) is 0 Å². The van der Waals surface area contributed by atoms with Crippen LogP contribution in [0.25, 0.3) is 27.6 Å². The van der Waals surface area contributed by atoms with Gasteiger partial charge in [0.05, 0.1) is 10.6 Å². The van der Waals surface area contributed by atoms with Gasteiger partial charge in [-0.15, -0.1) is 0 Å². The summed E-state index contributed by atoms with van der Waals surface area (Å²) in [6.45, 7) is 7.04. The predicted octanol–water partition coefficient (Wildman–Crippen LogP) is 3.76. The van der Waals surface area contributed by atoms with Gasteiger partial charge < -0.3 is 32.1 Å². The molecule has 0 aliphatic carbocycles. The summed E-state index contributed by atoms with van der Waals surface area (Å²) >= 11 is 6.69. The molecular formula is C26H26ClFN8O. The van der Waals surface area contributed by atoms with E-state index in [-0.39, 0.29) is 33.4 Å². The Bertz CT molecular complexity index is 1480. The number of carbonyl (C=O) groups excluding carboxylic acids is 1. The van der Waals surface area contributed by atoms with Gasteiger partial charge in [0.2, 0.25) is 5.91 Å². The molecule has 0 saturated carbocycles. The molecule has 1 fully saturated rings. The van der Waals surface area contributed by atoms with Crippen molar-refractivity contribution in [2.75, 3.05) is 36.8 Å². The Morgan fingerprint density at radius 3 is 2.49 bits per heavy atom. The number of halogens is 2. The lowest BCUT2D eigenvalue weighted by atomic mass is 9.92. The number of nitrogen functional groups attached to an aromatic ring is 1. The van der Waals surface area contributed by atoms with Crippen molar-refractivity contribution in [3.63, 3.8) is 0 Å². The first-order valence-corrected chi connectivity index (χ1v) is 11.8. The van der Waals surface area contributed by atoms with Crippen molar-refractivity contribution in [1.29, 1.82) is 10.8 Å². The number of piperazine rings is 1. The zero-order valence-corrected chi connectivity index (χ0v) is 20.9. The maximum absolute atomic E-state index is 16.4. The minimum atomic E-state index is -0.703. The number of aromatic nitrogens is 2. The van der Waals surface area contributed by atoms with Gasteiger partial charge in [-0.3, -0.25) is 4.79 Å². The number of rotatable bonds is 6. The first-order chi connectivity index (χ1) is 17.7. The molecule has 190 valence electrons. The summed E-state index contributed by atoms with van der Waals surface area (Å²) in [5.74, 6) is -0.376. The quantitative estimate of drug-likeness (QED) is 0.221. The summed E-state index contributed by atoms with van der Waals surface area (Å²) < 4.78 is 16.4. The van der Waals surface area contributed by atoms with E-state index in [1.165, 1.54) is 12.3 Å². The standard InChI is InChI=1S/C26H26ClFN8O/c1-3-20(37)35-6-8-36(9-7-35)26-16-10-18(27)22(21-14(2)4-5-19(32)17(21)13-31)23(28)24(16)33-25(34-26)15(11-29)12-30/h3-5,10-13,29,31H,1,6-9,30,32H2,2H3. The molecule has 1 aliphatic rings. The topological polar surface area (TPSA) is 149 Å². The van der Waals surface area contributed by atoms with Crippen molar-refractivity contribution < 1.29 is 9.18 Å². The lowest BCUT2D eigenvalue weighted by molar-refractivity contribution is -0.126. The van der Waals surface area contributed by atoms with Crippen molar-refractivity contribution in [2.24, 2.45) is 5.73 Å². The van der Waals surface area contributed by atoms with Crippen molar-refractivity contribution >= 4 is 57.9 Å². The molecule has 1 saturated heterocycles. The molecule has 37 heavy (non-hydrogen) atoms. The van der Waals surface area contributed by atoms with Gasteiger partial charge in [0.25, 0.3) is 0 Å². The van der Waals surface area contributed by atoms with E-state index in [0.29, 0.717) is 59.8 Å². The average molecular weight is 521 g/mol. The minimum absolute atomic E-state index is 0.0112. The molecule has 0 atom stereocenters. The molecule has 6 N–H and O–H groups in total. The summed E-state index contributed by atoms with van der Waals surface area (Å²) in [6.07, 6.45) is 4.52. The monoisotopic (exact) mass is 520 g/mol. The van der Waals surface area contributed by atoms with Gasteiger partial charge in [0, 0.05) is 67.0 Å². The molecule has 9 nitrogen and oxygen atoms in total. The molecule has 1 aliphatic heterocycles. The van der Waals surface area contributed by atoms with Crippen LogP contribution in [0.15, 0.2) is 37.1 Å². The molecule has 2 heterocycles. The summed E-state index contributed by atoms with van der Waals surface area (Å²) in [5, 5.41) is 16.1. The first kappa shape index (κ1) is 25.8. The number of amides is 1. The van der Waals surface area contributed by atoms with Gasteiger partial charge in [-0.1, -0.05) is 24.2 Å². The minimum Gasteiger partial charge on any atom is -0.404 e. The second-order valence-electron chi connectivity index (χ2n) is 8.50. The van der Waals surface area contributed by atoms with Crippen LogP contribution in [0, 0.1) is 23.6 Å². The molecule has 0 unspecified atom stereocenters. The van der Waals surface area contributed by atoms with Gasteiger partial charge in [0.15, 0.2) is 11.6 Å². The van der Waals surface area contributed by atoms with E-state index < -0.39 is 5.82 Å². The normalized spacial score (nSPS) is 14.1. The predicted molar refractivity (Wildman–Crippen MR) is 147 cm³/mol. The third-order valence-electron chi connectivity index (χ3n) is 6.40. The summed E-state index contributed by atoms with van der Waals surface area (Å²) in [6, 6.07) is 4.99. The Morgan fingerprint density at radius 1 is 1.19 bits per heavy atom. The summed E-state index contributed by atoms with van der Waals surface area (Å²) in [7, 11) is 0. The van der Waals surface area contributed by atoms with Crippen LogP contribution in [0.3, 0.4) is 0 Å². The third-order valence-corrected chi connectivity index (χ3v) is 6.70. The molecule has 1 amide bonds. The molecule has 1 aromatic heterocycles. The first-order valence-electron chi connectivity index (χ1n) is 11.4. The zero-order chi connectivity index (χ0) is 26.9. The number of anilines is 2. The number of nitrogens with two attached hydrogens (primary N) is 2. The van der Waals surface area contributed by atoms with Crippen LogP contribution >= 0.6 is 11.6 Å². The highest BCUT2D eigenvalue weighted by Gasteiger charge is 2.27. The number of carbonyl (C=O) groups is 1. The van der Waals surface area contributed by atoms with Crippen molar-refractivity contribution in [3.8, 4) is 11.1 Å². The Kier molecular flexibility index (Phi) is 7.21. The number of benzene rings is 2. The van der Waals surface area contributed by atoms with E-state index >= 15 is 4.39 Å². The maximum Gasteiger partial charge on any atom is 0.246 e. The van der Waals surface area contributed by atoms with Crippen molar-refractivity contribution in [3.05, 3.63) is 64.8 Å². The van der Waals surface area contributed by atoms with Gasteiger partial charge >= 0.3 is 0 Å². The zero-order valence-electron chi connectivity index (χ0n) is 20.2. The van der Waals surface area contributed by atoms with Gasteiger partial charge in [-0.25, -0.2) is 14.4 Å². The van der Waals surface area contributed by atoms with E-state index in [0.717, 1.165) is 12.4 Å². The van der Waals surface area contributed by atoms with Gasteiger partial charge in [-0.2, -0.15) is 0 Å². The second-order valence-corrected chi connectivity index (χ2v) is 8.91. The number of nitrogens with zero attached hydrogens (tertiary/aromatic N) is 4. The average Bonchev–Trinajstić information content (AvgIpc) is 2.91. The van der Waals surface area contributed by atoms with Crippen LogP contribution in [0.4, 0.5) is 15.9 Å². The molecule has 0 bridgehead atoms. The number of nitrogens with one attached hydrogen (secondary N) is 2. The Labute approximate surface area is 218 Å². The fourth-order valence-electron chi connectivity index (χ4n) is 4.47. The van der Waals surface area contributed by atoms with Crippen LogP contribution < -0.4 is 16.4 Å². The third kappa shape index (κ3) is 4.51. The van der Waals surface area contributed by atoms with E-state index in [4.69, 9.17) is 33.9 Å². The number of hydrogen-bond acceptors (Lipinski definition) is 8. The highest BCUT2D eigenvalue weighted by atomic mass is 35.5. The SMILES string of the molecule is C=CC(=O)N1CCN(c2nc(C(C=N)=CN)nc3c(F)c(-c4c(C)ccc(N)c4C=N)c(Cl)cc23)CC1. The number of fused-ring (bicyclic) bond motifs is 1. The summed E-state index contributed by atoms with van der Waals surface area (Å²) in [5.41, 5.74) is 13.8. The lowest BCUT2D eigenvalue weighted by Gasteiger charge is -2.35. The second kappa shape index (κ2) is 10.4. The van der Waals surface area contributed by atoms with E-state index in [1.807, 2.05) is 4.90 Å². The largest absolute Gasteiger partial charge is 0.404 e. The van der Waals surface area contributed by atoms with Crippen LogP contribution in [0.1, 0.15) is 17.0 Å². The number of aryl methyl sites for hydroxylation is 1. The molecule has 2 aromatic carbocycles. The highest BCUT2D eigenvalue weighted by Crippen LogP contribution is 2.41. The molecule has 4 rings (SSSR count). The van der Waals surface area contributed by atoms with Gasteiger partial charge in [0.1, 0.15) is 11.3 Å². The van der Waals surface area contributed by atoms with Crippen LogP contribution in [-0.2, 0) is 4.79 Å². The van der Waals surface area contributed by atoms with Crippen LogP contribution in [0.2, 0.25) is 5.02 Å². The summed E-state index contributed by atoms with van der Waals surface area (Å²) in [4.78, 5) is 24.7. The van der Waals surface area contributed by atoms with E-state index in [1.54, 1.807) is 30.0 Å².